The maximum atomic E-state index is 12.1. The Hall–Kier alpha value is -1.46. The van der Waals surface area contributed by atoms with Gasteiger partial charge in [0.2, 0.25) is 11.8 Å². The predicted octanol–water partition coefficient (Wildman–Crippen LogP) is -1.47. The van der Waals surface area contributed by atoms with E-state index in [1.165, 1.54) is 11.8 Å². The fraction of sp³-hybridized carbons (Fsp3) is 0.667. The van der Waals surface area contributed by atoms with Gasteiger partial charge in [-0.3, -0.25) is 14.4 Å². The highest BCUT2D eigenvalue weighted by Gasteiger charge is 2.28. The van der Waals surface area contributed by atoms with E-state index in [4.69, 9.17) is 15.9 Å². The van der Waals surface area contributed by atoms with Crippen molar-refractivity contribution in [3.63, 3.8) is 0 Å². The van der Waals surface area contributed by atoms with Gasteiger partial charge in [0.15, 0.2) is 0 Å². The average Bonchev–Trinajstić information content (AvgIpc) is 2.48. The largest absolute Gasteiger partial charge is 0.481 e. The number of carboxylic acids is 2. The zero-order valence-corrected chi connectivity index (χ0v) is 14.2. The van der Waals surface area contributed by atoms with Crippen molar-refractivity contribution < 1.29 is 29.4 Å². The van der Waals surface area contributed by atoms with Crippen molar-refractivity contribution in [3.05, 3.63) is 0 Å². The zero-order valence-electron chi connectivity index (χ0n) is 12.5. The molecule has 0 aliphatic rings. The molecule has 0 fully saturated rings. The second-order valence-electron chi connectivity index (χ2n) is 4.63. The molecule has 0 bridgehead atoms. The second-order valence-corrected chi connectivity index (χ2v) is 5.98. The number of nitrogens with two attached hydrogens (primary N) is 1. The van der Waals surface area contributed by atoms with Crippen molar-refractivity contribution in [2.24, 2.45) is 5.73 Å². The first-order valence-electron chi connectivity index (χ1n) is 6.63. The van der Waals surface area contributed by atoms with Crippen LogP contribution in [-0.2, 0) is 19.2 Å². The summed E-state index contributed by atoms with van der Waals surface area (Å²) in [4.78, 5) is 45.5. The molecule has 2 amide bonds. The molecule has 0 aromatic heterocycles. The quantitative estimate of drug-likeness (QED) is 0.241. The normalized spacial score (nSPS) is 14.4. The molecule has 0 spiro atoms. The summed E-state index contributed by atoms with van der Waals surface area (Å²) in [5, 5.41) is 22.1. The Labute approximate surface area is 143 Å². The lowest BCUT2D eigenvalue weighted by molar-refractivity contribution is -0.147. The zero-order chi connectivity index (χ0) is 18.0. The average molecular weight is 367 g/mol. The Bertz CT molecular complexity index is 449. The maximum Gasteiger partial charge on any atom is 0.326 e. The fourth-order valence-electron chi connectivity index (χ4n) is 1.51. The third-order valence-electron chi connectivity index (χ3n) is 2.77. The number of hydrogen-bond acceptors (Lipinski definition) is 7. The first-order valence-corrected chi connectivity index (χ1v) is 8.66. The first-order chi connectivity index (χ1) is 10.7. The van der Waals surface area contributed by atoms with Crippen LogP contribution in [0.15, 0.2) is 0 Å². The second kappa shape index (κ2) is 11.1. The third kappa shape index (κ3) is 8.67. The highest BCUT2D eigenvalue weighted by atomic mass is 32.2. The summed E-state index contributed by atoms with van der Waals surface area (Å²) >= 11 is 5.32. The molecule has 0 radical (unpaired) electrons. The lowest BCUT2D eigenvalue weighted by Gasteiger charge is -2.21. The van der Waals surface area contributed by atoms with E-state index in [1.54, 1.807) is 6.26 Å². The van der Waals surface area contributed by atoms with Crippen LogP contribution >= 0.6 is 24.4 Å². The molecule has 0 saturated carbocycles. The SMILES string of the molecule is CSCCC(NC(=O)C(N)CS)C(=O)NC(CC(=O)O)C(=O)O. The Balaban J connectivity index is 4.93. The molecule has 3 unspecified atom stereocenters. The molecule has 132 valence electrons. The summed E-state index contributed by atoms with van der Waals surface area (Å²) in [6.07, 6.45) is 1.29. The van der Waals surface area contributed by atoms with E-state index in [1.807, 2.05) is 0 Å². The molecular weight excluding hydrogens is 346 g/mol. The number of hydrogen-bond donors (Lipinski definition) is 6. The van der Waals surface area contributed by atoms with Crippen LogP contribution in [0.4, 0.5) is 0 Å². The fourth-order valence-corrected chi connectivity index (χ4v) is 2.15. The monoisotopic (exact) mass is 367 g/mol. The highest BCUT2D eigenvalue weighted by molar-refractivity contribution is 7.98. The molecule has 0 aliphatic carbocycles. The number of rotatable bonds is 11. The lowest BCUT2D eigenvalue weighted by atomic mass is 10.1. The molecule has 3 atom stereocenters. The van der Waals surface area contributed by atoms with Gasteiger partial charge in [0.1, 0.15) is 12.1 Å². The van der Waals surface area contributed by atoms with E-state index in [2.05, 4.69) is 23.3 Å². The van der Waals surface area contributed by atoms with E-state index in [9.17, 15) is 19.2 Å². The van der Waals surface area contributed by atoms with Crippen molar-refractivity contribution in [2.75, 3.05) is 17.8 Å². The number of thiol groups is 1. The van der Waals surface area contributed by atoms with Gasteiger partial charge in [0.05, 0.1) is 12.5 Å². The summed E-state index contributed by atoms with van der Waals surface area (Å²) in [5.74, 6) is -3.58. The highest BCUT2D eigenvalue weighted by Crippen LogP contribution is 2.03. The Morgan fingerprint density at radius 2 is 1.70 bits per heavy atom. The standard InChI is InChI=1S/C12H21N3O6S2/c1-23-3-2-7(14-10(18)6(13)5-22)11(19)15-8(12(20)21)4-9(16)17/h6-8,22H,2-5,13H2,1H3,(H,14,18)(H,15,19)(H,16,17)(H,20,21). The van der Waals surface area contributed by atoms with Gasteiger partial charge in [0.25, 0.3) is 0 Å². The van der Waals surface area contributed by atoms with Crippen molar-refractivity contribution in [2.45, 2.75) is 31.0 Å². The Kier molecular flexibility index (Phi) is 10.4. The number of carbonyl (C=O) groups is 4. The van der Waals surface area contributed by atoms with Crippen molar-refractivity contribution in [1.82, 2.24) is 10.6 Å². The number of thioether (sulfide) groups is 1. The third-order valence-corrected chi connectivity index (χ3v) is 3.81. The Morgan fingerprint density at radius 3 is 2.13 bits per heavy atom. The summed E-state index contributed by atoms with van der Waals surface area (Å²) in [5.41, 5.74) is 5.51. The molecule has 0 heterocycles. The Morgan fingerprint density at radius 1 is 1.13 bits per heavy atom. The number of carboxylic acid groups (broad SMARTS) is 2. The van der Waals surface area contributed by atoms with E-state index < -0.39 is 48.3 Å². The van der Waals surface area contributed by atoms with Gasteiger partial charge in [-0.15, -0.1) is 0 Å². The summed E-state index contributed by atoms with van der Waals surface area (Å²) in [6, 6.07) is -3.49. The van der Waals surface area contributed by atoms with Crippen molar-refractivity contribution >= 4 is 48.1 Å². The van der Waals surface area contributed by atoms with Crippen LogP contribution in [0.25, 0.3) is 0 Å². The first kappa shape index (κ1) is 21.5. The van der Waals surface area contributed by atoms with E-state index in [0.717, 1.165) is 0 Å². The van der Waals surface area contributed by atoms with Crippen LogP contribution in [-0.4, -0.2) is 69.9 Å². The van der Waals surface area contributed by atoms with Gasteiger partial charge in [-0.25, -0.2) is 4.79 Å². The number of aliphatic carboxylic acids is 2. The topological polar surface area (TPSA) is 159 Å². The minimum Gasteiger partial charge on any atom is -0.481 e. The lowest BCUT2D eigenvalue weighted by Crippen LogP contribution is -2.55. The van der Waals surface area contributed by atoms with Gasteiger partial charge in [-0.1, -0.05) is 0 Å². The molecule has 0 aromatic rings. The van der Waals surface area contributed by atoms with Crippen molar-refractivity contribution in [3.8, 4) is 0 Å². The summed E-state index contributed by atoms with van der Waals surface area (Å²) in [6.45, 7) is 0. The van der Waals surface area contributed by atoms with E-state index >= 15 is 0 Å². The van der Waals surface area contributed by atoms with Crippen molar-refractivity contribution in [1.29, 1.82) is 0 Å². The number of amides is 2. The van der Waals surface area contributed by atoms with Crippen LogP contribution in [0.3, 0.4) is 0 Å². The van der Waals surface area contributed by atoms with Gasteiger partial charge in [-0.2, -0.15) is 24.4 Å². The predicted molar refractivity (Wildman–Crippen MR) is 88.6 cm³/mol. The van der Waals surface area contributed by atoms with Gasteiger partial charge < -0.3 is 26.6 Å². The summed E-state index contributed by atoms with van der Waals surface area (Å²) < 4.78 is 0. The van der Waals surface area contributed by atoms with E-state index in [0.29, 0.717) is 5.75 Å². The van der Waals surface area contributed by atoms with Crippen LogP contribution in [0.5, 0.6) is 0 Å². The number of nitrogens with one attached hydrogen (secondary N) is 2. The summed E-state index contributed by atoms with van der Waals surface area (Å²) in [7, 11) is 0. The van der Waals surface area contributed by atoms with Crippen LogP contribution < -0.4 is 16.4 Å². The van der Waals surface area contributed by atoms with Gasteiger partial charge in [-0.05, 0) is 18.4 Å². The molecule has 0 rings (SSSR count). The minimum atomic E-state index is -1.58. The van der Waals surface area contributed by atoms with E-state index in [-0.39, 0.29) is 12.2 Å². The molecule has 6 N–H and O–H groups in total. The molecule has 0 aromatic carbocycles. The molecule has 9 nitrogen and oxygen atoms in total. The molecule has 23 heavy (non-hydrogen) atoms. The van der Waals surface area contributed by atoms with Crippen LogP contribution in [0.2, 0.25) is 0 Å². The molecule has 0 saturated heterocycles. The molecule has 0 aliphatic heterocycles. The minimum absolute atomic E-state index is 0.0828. The number of carbonyl (C=O) groups excluding carboxylic acids is 2. The smallest absolute Gasteiger partial charge is 0.326 e. The molecule has 11 heteroatoms. The van der Waals surface area contributed by atoms with Gasteiger partial charge in [0, 0.05) is 5.75 Å². The molecular formula is C12H21N3O6S2. The maximum absolute atomic E-state index is 12.1. The van der Waals surface area contributed by atoms with Gasteiger partial charge >= 0.3 is 11.9 Å². The van der Waals surface area contributed by atoms with Crippen LogP contribution in [0, 0.1) is 0 Å². The van der Waals surface area contributed by atoms with Crippen LogP contribution in [0.1, 0.15) is 12.8 Å².